The van der Waals surface area contributed by atoms with Gasteiger partial charge in [-0.3, -0.25) is 10.2 Å². The third kappa shape index (κ3) is 3.73. The van der Waals surface area contributed by atoms with Gasteiger partial charge in [0.25, 0.3) is 0 Å². The Bertz CT molecular complexity index is 201. The molecular weight excluding hydrogens is 206 g/mol. The van der Waals surface area contributed by atoms with Crippen molar-refractivity contribution in [3.8, 4) is 0 Å². The van der Waals surface area contributed by atoms with Crippen molar-refractivity contribution >= 4 is 5.91 Å². The number of ether oxygens (including phenoxy) is 1. The van der Waals surface area contributed by atoms with Crippen LogP contribution in [0.5, 0.6) is 0 Å². The number of carbonyl (C=O) groups excluding carboxylic acids is 1. The minimum absolute atomic E-state index is 0.161. The number of hydrogen-bond acceptors (Lipinski definition) is 4. The molecule has 1 amide bonds. The van der Waals surface area contributed by atoms with Gasteiger partial charge in [-0.15, -0.1) is 0 Å². The molecule has 0 radical (unpaired) electrons. The molecule has 2 N–H and O–H groups in total. The number of hydrazine groups is 1. The number of nitrogens with one attached hydrogen (secondary N) is 2. The number of carbonyl (C=O) groups is 1. The molecule has 2 aliphatic rings. The van der Waals surface area contributed by atoms with Gasteiger partial charge in [0.1, 0.15) is 0 Å². The van der Waals surface area contributed by atoms with Crippen LogP contribution in [0.25, 0.3) is 0 Å². The van der Waals surface area contributed by atoms with Gasteiger partial charge in [-0.1, -0.05) is 0 Å². The zero-order valence-corrected chi connectivity index (χ0v) is 9.71. The molecule has 0 atom stereocenters. The number of nitrogens with zero attached hydrogens (tertiary/aromatic N) is 1. The molecule has 92 valence electrons. The third-order valence-corrected chi connectivity index (χ3v) is 3.23. The van der Waals surface area contributed by atoms with E-state index < -0.39 is 0 Å². The molecule has 0 spiro atoms. The van der Waals surface area contributed by atoms with Gasteiger partial charge in [-0.05, 0) is 31.8 Å². The maximum atomic E-state index is 11.8. The van der Waals surface area contributed by atoms with E-state index in [2.05, 4.69) is 10.7 Å². The molecule has 0 aromatic heterocycles. The molecule has 2 saturated heterocycles. The van der Waals surface area contributed by atoms with E-state index >= 15 is 0 Å². The molecule has 2 aliphatic heterocycles. The van der Waals surface area contributed by atoms with Crippen LogP contribution < -0.4 is 10.7 Å². The van der Waals surface area contributed by atoms with Gasteiger partial charge in [0.05, 0.1) is 13.2 Å². The lowest BCUT2D eigenvalue weighted by Crippen LogP contribution is -2.48. The van der Waals surface area contributed by atoms with E-state index in [4.69, 9.17) is 4.74 Å². The summed E-state index contributed by atoms with van der Waals surface area (Å²) in [5.74, 6) is 0.719. The van der Waals surface area contributed by atoms with Crippen LogP contribution in [0, 0.1) is 5.92 Å². The highest BCUT2D eigenvalue weighted by atomic mass is 16.5. The lowest BCUT2D eigenvalue weighted by molar-refractivity contribution is -0.129. The van der Waals surface area contributed by atoms with E-state index in [-0.39, 0.29) is 5.91 Å². The molecule has 0 aromatic carbocycles. The fourth-order valence-corrected chi connectivity index (χ4v) is 2.25. The maximum absolute atomic E-state index is 11.8. The first-order valence-electron chi connectivity index (χ1n) is 6.17. The standard InChI is InChI=1S/C11H21N3O2/c15-11(9-10-1-3-12-4-2-10)13-14-5-7-16-8-6-14/h10,12H,1-9H2,(H,13,15). The molecule has 0 aliphatic carbocycles. The van der Waals surface area contributed by atoms with Crippen molar-refractivity contribution in [1.82, 2.24) is 15.8 Å². The van der Waals surface area contributed by atoms with Crippen LogP contribution in [0.1, 0.15) is 19.3 Å². The summed E-state index contributed by atoms with van der Waals surface area (Å²) in [5.41, 5.74) is 2.96. The largest absolute Gasteiger partial charge is 0.379 e. The van der Waals surface area contributed by atoms with Crippen molar-refractivity contribution in [1.29, 1.82) is 0 Å². The number of piperidine rings is 1. The van der Waals surface area contributed by atoms with E-state index in [9.17, 15) is 4.79 Å². The highest BCUT2D eigenvalue weighted by molar-refractivity contribution is 5.75. The quantitative estimate of drug-likeness (QED) is 0.697. The zero-order chi connectivity index (χ0) is 11.2. The molecule has 16 heavy (non-hydrogen) atoms. The van der Waals surface area contributed by atoms with E-state index in [0.717, 1.165) is 39.0 Å². The summed E-state index contributed by atoms with van der Waals surface area (Å²) in [6.45, 7) is 5.14. The monoisotopic (exact) mass is 227 g/mol. The molecule has 0 unspecified atom stereocenters. The Morgan fingerprint density at radius 1 is 1.31 bits per heavy atom. The second-order valence-corrected chi connectivity index (χ2v) is 4.53. The molecular formula is C11H21N3O2. The van der Waals surface area contributed by atoms with Crippen molar-refractivity contribution < 1.29 is 9.53 Å². The van der Waals surface area contributed by atoms with Crippen molar-refractivity contribution in [3.05, 3.63) is 0 Å². The predicted octanol–water partition coefficient (Wildman–Crippen LogP) is -0.260. The van der Waals surface area contributed by atoms with Crippen molar-refractivity contribution in [2.24, 2.45) is 5.92 Å². The summed E-state index contributed by atoms with van der Waals surface area (Å²) in [5, 5.41) is 5.28. The van der Waals surface area contributed by atoms with Gasteiger partial charge in [0, 0.05) is 19.5 Å². The molecule has 0 aromatic rings. The molecule has 5 heteroatoms. The Balaban J connectivity index is 1.66. The smallest absolute Gasteiger partial charge is 0.234 e. The summed E-state index contributed by atoms with van der Waals surface area (Å²) in [7, 11) is 0. The van der Waals surface area contributed by atoms with Crippen LogP contribution in [0.4, 0.5) is 0 Å². The van der Waals surface area contributed by atoms with Crippen molar-refractivity contribution in [2.75, 3.05) is 39.4 Å². The molecule has 0 bridgehead atoms. The zero-order valence-electron chi connectivity index (χ0n) is 9.71. The Hall–Kier alpha value is -0.650. The Labute approximate surface area is 96.5 Å². The number of morpholine rings is 1. The molecule has 2 rings (SSSR count). The number of rotatable bonds is 3. The van der Waals surface area contributed by atoms with Crippen LogP contribution in [0.15, 0.2) is 0 Å². The lowest BCUT2D eigenvalue weighted by Gasteiger charge is -2.28. The first-order chi connectivity index (χ1) is 7.84. The topological polar surface area (TPSA) is 53.6 Å². The molecule has 2 fully saturated rings. The van der Waals surface area contributed by atoms with Crippen LogP contribution in [-0.4, -0.2) is 50.3 Å². The summed E-state index contributed by atoms with van der Waals surface area (Å²) in [4.78, 5) is 11.8. The molecule has 5 nitrogen and oxygen atoms in total. The van der Waals surface area contributed by atoms with E-state index in [1.165, 1.54) is 0 Å². The first-order valence-corrected chi connectivity index (χ1v) is 6.17. The minimum atomic E-state index is 0.161. The Morgan fingerprint density at radius 3 is 2.69 bits per heavy atom. The highest BCUT2D eigenvalue weighted by Crippen LogP contribution is 2.15. The second kappa shape index (κ2) is 6.18. The van der Waals surface area contributed by atoms with Gasteiger partial charge in [-0.25, -0.2) is 5.01 Å². The second-order valence-electron chi connectivity index (χ2n) is 4.53. The van der Waals surface area contributed by atoms with Crippen LogP contribution in [-0.2, 0) is 9.53 Å². The summed E-state index contributed by atoms with van der Waals surface area (Å²) < 4.78 is 5.23. The van der Waals surface area contributed by atoms with Crippen molar-refractivity contribution in [3.63, 3.8) is 0 Å². The van der Waals surface area contributed by atoms with Gasteiger partial charge in [0.15, 0.2) is 0 Å². The summed E-state index contributed by atoms with van der Waals surface area (Å²) in [6, 6.07) is 0. The highest BCUT2D eigenvalue weighted by Gasteiger charge is 2.19. The van der Waals surface area contributed by atoms with Crippen LogP contribution >= 0.6 is 0 Å². The van der Waals surface area contributed by atoms with E-state index in [1.54, 1.807) is 0 Å². The maximum Gasteiger partial charge on any atom is 0.234 e. The van der Waals surface area contributed by atoms with E-state index in [0.29, 0.717) is 25.6 Å². The Kier molecular flexibility index (Phi) is 4.56. The van der Waals surface area contributed by atoms with Gasteiger partial charge in [-0.2, -0.15) is 0 Å². The molecule has 2 heterocycles. The van der Waals surface area contributed by atoms with Crippen LogP contribution in [0.2, 0.25) is 0 Å². The fraction of sp³-hybridized carbons (Fsp3) is 0.909. The number of amides is 1. The molecule has 0 saturated carbocycles. The van der Waals surface area contributed by atoms with Gasteiger partial charge in [0.2, 0.25) is 5.91 Å². The van der Waals surface area contributed by atoms with Crippen molar-refractivity contribution in [2.45, 2.75) is 19.3 Å². The van der Waals surface area contributed by atoms with E-state index in [1.807, 2.05) is 5.01 Å². The normalized spacial score (nSPS) is 24.2. The third-order valence-electron chi connectivity index (χ3n) is 3.23. The summed E-state index contributed by atoms with van der Waals surface area (Å²) in [6.07, 6.45) is 2.91. The average molecular weight is 227 g/mol. The predicted molar refractivity (Wildman–Crippen MR) is 60.7 cm³/mol. The number of hydrogen-bond donors (Lipinski definition) is 2. The Morgan fingerprint density at radius 2 is 2.00 bits per heavy atom. The average Bonchev–Trinajstić information content (AvgIpc) is 2.31. The lowest BCUT2D eigenvalue weighted by atomic mass is 9.94. The first kappa shape index (κ1) is 11.8. The SMILES string of the molecule is O=C(CC1CCNCC1)NN1CCOCC1. The fourth-order valence-electron chi connectivity index (χ4n) is 2.25. The summed E-state index contributed by atoms with van der Waals surface area (Å²) >= 11 is 0. The minimum Gasteiger partial charge on any atom is -0.379 e. The van der Waals surface area contributed by atoms with Crippen LogP contribution in [0.3, 0.4) is 0 Å². The van der Waals surface area contributed by atoms with Gasteiger partial charge < -0.3 is 10.1 Å². The van der Waals surface area contributed by atoms with Gasteiger partial charge >= 0.3 is 0 Å².